The molecule has 0 atom stereocenters. The van der Waals surface area contributed by atoms with Crippen molar-refractivity contribution in [3.63, 3.8) is 0 Å². The van der Waals surface area contributed by atoms with Gasteiger partial charge in [-0.05, 0) is 55.0 Å². The van der Waals surface area contributed by atoms with E-state index in [1.165, 1.54) is 35.1 Å². The van der Waals surface area contributed by atoms with Gasteiger partial charge in [-0.15, -0.1) is 0 Å². The van der Waals surface area contributed by atoms with Crippen molar-refractivity contribution in [2.24, 2.45) is 0 Å². The number of aromatic nitrogens is 2. The van der Waals surface area contributed by atoms with Gasteiger partial charge in [-0.1, -0.05) is 12.1 Å². The molecule has 2 aromatic heterocycles. The summed E-state index contributed by atoms with van der Waals surface area (Å²) in [5.74, 6) is -0.486. The average molecular weight is 463 g/mol. The molecule has 0 unspecified atom stereocenters. The van der Waals surface area contributed by atoms with Crippen LogP contribution in [-0.2, 0) is 24.4 Å². The van der Waals surface area contributed by atoms with Crippen molar-refractivity contribution in [3.8, 4) is 0 Å². The van der Waals surface area contributed by atoms with Gasteiger partial charge in [0.15, 0.2) is 5.78 Å². The number of fused-ring (bicyclic) bond motifs is 1. The molecule has 0 aliphatic heterocycles. The van der Waals surface area contributed by atoms with Crippen molar-refractivity contribution in [1.29, 1.82) is 0 Å². The van der Waals surface area contributed by atoms with Crippen LogP contribution in [0.3, 0.4) is 0 Å². The van der Waals surface area contributed by atoms with E-state index in [4.69, 9.17) is 4.42 Å². The van der Waals surface area contributed by atoms with E-state index in [1.807, 2.05) is 0 Å². The molecule has 0 saturated carbocycles. The maximum Gasteiger partial charge on any atom is 0.331 e. The summed E-state index contributed by atoms with van der Waals surface area (Å²) in [6, 6.07) is 15.0. The molecule has 8 nitrogen and oxygen atoms in total. The summed E-state index contributed by atoms with van der Waals surface area (Å²) in [6.45, 7) is -0.0453. The molecule has 0 bridgehead atoms. The van der Waals surface area contributed by atoms with Gasteiger partial charge in [0.1, 0.15) is 11.6 Å². The van der Waals surface area contributed by atoms with Crippen molar-refractivity contribution in [1.82, 2.24) is 14.5 Å². The molecule has 34 heavy (non-hydrogen) atoms. The van der Waals surface area contributed by atoms with E-state index in [9.17, 15) is 23.6 Å². The number of hydrogen-bond acceptors (Lipinski definition) is 5. The van der Waals surface area contributed by atoms with Gasteiger partial charge in [0, 0.05) is 18.5 Å². The lowest BCUT2D eigenvalue weighted by atomic mass is 10.1. The molecule has 1 amide bonds. The van der Waals surface area contributed by atoms with E-state index in [0.29, 0.717) is 11.3 Å². The first-order valence-electron chi connectivity index (χ1n) is 10.7. The van der Waals surface area contributed by atoms with Gasteiger partial charge in [0.2, 0.25) is 5.91 Å². The molecule has 4 aromatic rings. The number of ketones is 1. The summed E-state index contributed by atoms with van der Waals surface area (Å²) in [4.78, 5) is 51.0. The Balaban J connectivity index is 1.54. The summed E-state index contributed by atoms with van der Waals surface area (Å²) in [7, 11) is 0. The van der Waals surface area contributed by atoms with Crippen molar-refractivity contribution < 1.29 is 18.4 Å². The molecular formula is C25H22FN3O5. The third-order valence-electron chi connectivity index (χ3n) is 5.43. The number of furan rings is 1. The van der Waals surface area contributed by atoms with Crippen LogP contribution >= 0.6 is 0 Å². The van der Waals surface area contributed by atoms with Crippen molar-refractivity contribution >= 4 is 22.6 Å². The third-order valence-corrected chi connectivity index (χ3v) is 5.43. The highest BCUT2D eigenvalue weighted by Gasteiger charge is 2.16. The Kier molecular flexibility index (Phi) is 6.82. The van der Waals surface area contributed by atoms with Crippen LogP contribution in [0.15, 0.2) is 80.9 Å². The van der Waals surface area contributed by atoms with Crippen LogP contribution in [0.5, 0.6) is 0 Å². The molecule has 0 saturated heterocycles. The zero-order valence-electron chi connectivity index (χ0n) is 18.2. The fourth-order valence-corrected chi connectivity index (χ4v) is 3.68. The third kappa shape index (κ3) is 5.03. The molecule has 0 aliphatic carbocycles. The van der Waals surface area contributed by atoms with Gasteiger partial charge in [-0.25, -0.2) is 9.18 Å². The minimum atomic E-state index is -0.643. The number of halogens is 1. The van der Waals surface area contributed by atoms with Crippen LogP contribution in [0.1, 0.15) is 29.0 Å². The summed E-state index contributed by atoms with van der Waals surface area (Å²) >= 11 is 0. The zero-order valence-corrected chi connectivity index (χ0v) is 18.2. The fraction of sp³-hybridized carbons (Fsp3) is 0.200. The van der Waals surface area contributed by atoms with Gasteiger partial charge in [-0.2, -0.15) is 0 Å². The number of hydrogen-bond donors (Lipinski definition) is 1. The highest BCUT2D eigenvalue weighted by molar-refractivity contribution is 5.96. The Morgan fingerprint density at radius 3 is 2.44 bits per heavy atom. The average Bonchev–Trinajstić information content (AvgIpc) is 3.37. The second-order valence-electron chi connectivity index (χ2n) is 7.73. The van der Waals surface area contributed by atoms with E-state index in [2.05, 4.69) is 5.32 Å². The van der Waals surface area contributed by atoms with Crippen molar-refractivity contribution in [3.05, 3.63) is 105 Å². The minimum Gasteiger partial charge on any atom is -0.467 e. The first-order valence-corrected chi connectivity index (χ1v) is 10.7. The summed E-state index contributed by atoms with van der Waals surface area (Å²) in [5, 5.41) is 3.00. The van der Waals surface area contributed by atoms with Gasteiger partial charge < -0.3 is 9.73 Å². The Morgan fingerprint density at radius 2 is 1.71 bits per heavy atom. The van der Waals surface area contributed by atoms with Crippen LogP contribution in [-0.4, -0.2) is 20.8 Å². The lowest BCUT2D eigenvalue weighted by Crippen LogP contribution is -2.41. The smallest absolute Gasteiger partial charge is 0.331 e. The number of amides is 1. The van der Waals surface area contributed by atoms with E-state index < -0.39 is 22.8 Å². The SMILES string of the molecule is O=C(CCCn1c(=O)c2ccccc2n(CC(=O)c2ccc(F)cc2)c1=O)NCc1ccco1. The summed E-state index contributed by atoms with van der Waals surface area (Å²) < 4.78 is 20.6. The van der Waals surface area contributed by atoms with Crippen LogP contribution < -0.4 is 16.6 Å². The van der Waals surface area contributed by atoms with Crippen LogP contribution in [0, 0.1) is 5.82 Å². The normalized spacial score (nSPS) is 11.0. The number of benzene rings is 2. The summed E-state index contributed by atoms with van der Waals surface area (Å²) in [5.41, 5.74) is -0.541. The molecule has 2 heterocycles. The first-order chi connectivity index (χ1) is 16.4. The van der Waals surface area contributed by atoms with Crippen molar-refractivity contribution in [2.45, 2.75) is 32.5 Å². The second-order valence-corrected chi connectivity index (χ2v) is 7.73. The topological polar surface area (TPSA) is 103 Å². The minimum absolute atomic E-state index is 0.0153. The maximum absolute atomic E-state index is 13.2. The molecule has 4 rings (SSSR count). The Bertz CT molecular complexity index is 1440. The van der Waals surface area contributed by atoms with E-state index in [0.717, 1.165) is 4.57 Å². The van der Waals surface area contributed by atoms with Gasteiger partial charge in [-0.3, -0.25) is 23.5 Å². The molecule has 9 heteroatoms. The molecule has 0 fully saturated rings. The lowest BCUT2D eigenvalue weighted by molar-refractivity contribution is -0.121. The number of para-hydroxylation sites is 1. The Labute approximate surface area is 193 Å². The van der Waals surface area contributed by atoms with Gasteiger partial charge in [0.05, 0.1) is 30.3 Å². The molecule has 0 spiro atoms. The molecular weight excluding hydrogens is 441 g/mol. The number of rotatable bonds is 9. The zero-order chi connectivity index (χ0) is 24.1. The Morgan fingerprint density at radius 1 is 0.941 bits per heavy atom. The fourth-order valence-electron chi connectivity index (χ4n) is 3.68. The summed E-state index contributed by atoms with van der Waals surface area (Å²) in [6.07, 6.45) is 1.87. The number of carbonyl (C=O) groups excluding carboxylic acids is 2. The van der Waals surface area contributed by atoms with Crippen molar-refractivity contribution in [2.75, 3.05) is 0 Å². The van der Waals surface area contributed by atoms with Crippen LogP contribution in [0.4, 0.5) is 4.39 Å². The van der Waals surface area contributed by atoms with E-state index in [1.54, 1.807) is 36.4 Å². The number of nitrogens with zero attached hydrogens (tertiary/aromatic N) is 2. The predicted molar refractivity (Wildman–Crippen MR) is 123 cm³/mol. The van der Waals surface area contributed by atoms with Gasteiger partial charge in [0.25, 0.3) is 5.56 Å². The monoisotopic (exact) mass is 463 g/mol. The lowest BCUT2D eigenvalue weighted by Gasteiger charge is -2.14. The highest BCUT2D eigenvalue weighted by atomic mass is 19.1. The highest BCUT2D eigenvalue weighted by Crippen LogP contribution is 2.11. The standard InChI is InChI=1S/C25H22FN3O5/c26-18-11-9-17(10-12-18)22(30)16-29-21-7-2-1-6-20(21)24(32)28(25(29)33)13-3-8-23(31)27-15-19-5-4-14-34-19/h1-2,4-7,9-12,14H,3,8,13,15-16H2,(H,27,31). The quantitative estimate of drug-likeness (QED) is 0.385. The molecule has 0 radical (unpaired) electrons. The van der Waals surface area contributed by atoms with E-state index in [-0.39, 0.29) is 49.3 Å². The van der Waals surface area contributed by atoms with Gasteiger partial charge >= 0.3 is 5.69 Å². The molecule has 1 N–H and O–H groups in total. The van der Waals surface area contributed by atoms with Crippen LogP contribution in [0.25, 0.3) is 10.9 Å². The Hall–Kier alpha value is -4.27. The second kappa shape index (κ2) is 10.1. The number of carbonyl (C=O) groups is 2. The molecule has 2 aromatic carbocycles. The molecule has 0 aliphatic rings. The number of nitrogens with one attached hydrogen (secondary N) is 1. The largest absolute Gasteiger partial charge is 0.467 e. The maximum atomic E-state index is 13.2. The molecule has 174 valence electrons. The van der Waals surface area contributed by atoms with E-state index >= 15 is 0 Å². The van der Waals surface area contributed by atoms with Crippen LogP contribution in [0.2, 0.25) is 0 Å². The number of Topliss-reactive ketones (excluding diaryl/α,β-unsaturated/α-hetero) is 1. The first kappa shape index (κ1) is 22.9. The predicted octanol–water partition coefficient (Wildman–Crippen LogP) is 2.87.